The van der Waals surface area contributed by atoms with Crippen LogP contribution in [-0.4, -0.2) is 36.7 Å². The third-order valence-corrected chi connectivity index (χ3v) is 2.40. The zero-order chi connectivity index (χ0) is 11.3. The summed E-state index contributed by atoms with van der Waals surface area (Å²) in [7, 11) is 1.38. The van der Waals surface area contributed by atoms with E-state index in [1.807, 2.05) is 0 Å². The van der Waals surface area contributed by atoms with E-state index in [4.69, 9.17) is 9.84 Å². The van der Waals surface area contributed by atoms with Crippen LogP contribution in [0.15, 0.2) is 16.8 Å². The molecule has 1 atom stereocenters. The molecule has 0 aliphatic carbocycles. The second-order valence-corrected chi connectivity index (χ2v) is 3.61. The fourth-order valence-corrected chi connectivity index (χ4v) is 1.61. The lowest BCUT2D eigenvalue weighted by molar-refractivity contribution is -0.140. The fraction of sp³-hybridized carbons (Fsp3) is 0.333. The highest BCUT2D eigenvalue weighted by molar-refractivity contribution is 7.08. The molecule has 0 aliphatic heterocycles. The highest BCUT2D eigenvalue weighted by Gasteiger charge is 2.20. The Labute approximate surface area is 90.7 Å². The van der Waals surface area contributed by atoms with Crippen molar-refractivity contribution in [2.75, 3.05) is 13.7 Å². The molecule has 0 fully saturated rings. The van der Waals surface area contributed by atoms with Crippen molar-refractivity contribution in [3.63, 3.8) is 0 Å². The largest absolute Gasteiger partial charge is 0.480 e. The molecule has 15 heavy (non-hydrogen) atoms. The predicted molar refractivity (Wildman–Crippen MR) is 55.1 cm³/mol. The topological polar surface area (TPSA) is 75.6 Å². The molecule has 82 valence electrons. The molecule has 1 heterocycles. The molecule has 0 saturated carbocycles. The molecule has 0 radical (unpaired) electrons. The lowest BCUT2D eigenvalue weighted by Gasteiger charge is -2.12. The third kappa shape index (κ3) is 3.34. The predicted octanol–water partition coefficient (Wildman–Crippen LogP) is 0.577. The number of carbonyl (C=O) groups excluding carboxylic acids is 1. The van der Waals surface area contributed by atoms with E-state index in [0.29, 0.717) is 5.56 Å². The smallest absolute Gasteiger partial charge is 0.328 e. The van der Waals surface area contributed by atoms with Crippen LogP contribution in [0.4, 0.5) is 0 Å². The number of rotatable bonds is 5. The number of amides is 1. The minimum Gasteiger partial charge on any atom is -0.480 e. The summed E-state index contributed by atoms with van der Waals surface area (Å²) in [5, 5.41) is 14.5. The molecule has 6 heteroatoms. The Bertz CT molecular complexity index is 336. The molecular formula is C9H11NO4S. The van der Waals surface area contributed by atoms with Gasteiger partial charge in [0.15, 0.2) is 6.04 Å². The maximum atomic E-state index is 11.5. The zero-order valence-electron chi connectivity index (χ0n) is 8.10. The minimum absolute atomic E-state index is 0.0504. The van der Waals surface area contributed by atoms with E-state index in [0.717, 1.165) is 0 Å². The van der Waals surface area contributed by atoms with Crippen molar-refractivity contribution in [2.24, 2.45) is 0 Å². The molecule has 1 aromatic rings. The van der Waals surface area contributed by atoms with E-state index in [2.05, 4.69) is 5.32 Å². The number of methoxy groups -OCH3 is 1. The molecule has 0 aromatic carbocycles. The highest BCUT2D eigenvalue weighted by Crippen LogP contribution is 2.05. The fourth-order valence-electron chi connectivity index (χ4n) is 0.977. The van der Waals surface area contributed by atoms with Gasteiger partial charge in [0, 0.05) is 12.5 Å². The molecule has 0 saturated heterocycles. The van der Waals surface area contributed by atoms with Crippen LogP contribution in [0, 0.1) is 0 Å². The normalized spacial score (nSPS) is 12.1. The monoisotopic (exact) mass is 229 g/mol. The average Bonchev–Trinajstić information content (AvgIpc) is 2.69. The van der Waals surface area contributed by atoms with Crippen molar-refractivity contribution in [1.29, 1.82) is 0 Å². The van der Waals surface area contributed by atoms with Crippen molar-refractivity contribution >= 4 is 23.2 Å². The molecule has 1 amide bonds. The minimum atomic E-state index is -1.11. The average molecular weight is 229 g/mol. The Morgan fingerprint density at radius 2 is 2.40 bits per heavy atom. The zero-order valence-corrected chi connectivity index (χ0v) is 8.91. The van der Waals surface area contributed by atoms with Crippen LogP contribution in [0.1, 0.15) is 10.4 Å². The number of thiophene rings is 1. The summed E-state index contributed by atoms with van der Waals surface area (Å²) in [5.74, 6) is -1.51. The van der Waals surface area contributed by atoms with Gasteiger partial charge in [-0.1, -0.05) is 0 Å². The maximum absolute atomic E-state index is 11.5. The summed E-state index contributed by atoms with van der Waals surface area (Å²) in [6.45, 7) is -0.0504. The van der Waals surface area contributed by atoms with Crippen molar-refractivity contribution in [1.82, 2.24) is 5.32 Å². The van der Waals surface area contributed by atoms with E-state index in [-0.39, 0.29) is 6.61 Å². The first kappa shape index (κ1) is 11.7. The number of carbonyl (C=O) groups is 2. The van der Waals surface area contributed by atoms with Crippen LogP contribution in [0.5, 0.6) is 0 Å². The molecule has 5 nitrogen and oxygen atoms in total. The van der Waals surface area contributed by atoms with Gasteiger partial charge in [-0.15, -0.1) is 0 Å². The van der Waals surface area contributed by atoms with Gasteiger partial charge in [0.2, 0.25) is 0 Å². The second-order valence-electron chi connectivity index (χ2n) is 2.83. The molecule has 0 aliphatic rings. The van der Waals surface area contributed by atoms with Gasteiger partial charge in [0.1, 0.15) is 0 Å². The Morgan fingerprint density at radius 3 is 2.87 bits per heavy atom. The van der Waals surface area contributed by atoms with Crippen LogP contribution >= 0.6 is 11.3 Å². The van der Waals surface area contributed by atoms with Gasteiger partial charge in [-0.25, -0.2) is 4.79 Å². The lowest BCUT2D eigenvalue weighted by Crippen LogP contribution is -2.43. The van der Waals surface area contributed by atoms with E-state index >= 15 is 0 Å². The number of nitrogens with one attached hydrogen (secondary N) is 1. The Balaban J connectivity index is 2.59. The number of carboxylic acid groups (broad SMARTS) is 1. The first-order valence-corrected chi connectivity index (χ1v) is 5.14. The van der Waals surface area contributed by atoms with Crippen LogP contribution in [-0.2, 0) is 9.53 Å². The summed E-state index contributed by atoms with van der Waals surface area (Å²) in [4.78, 5) is 22.2. The number of carboxylic acids is 1. The van der Waals surface area contributed by atoms with E-state index in [1.54, 1.807) is 16.8 Å². The summed E-state index contributed by atoms with van der Waals surface area (Å²) in [6, 6.07) is 0.619. The van der Waals surface area contributed by atoms with Crippen molar-refractivity contribution in [3.05, 3.63) is 22.4 Å². The Hall–Kier alpha value is -1.40. The molecule has 0 bridgehead atoms. The lowest BCUT2D eigenvalue weighted by atomic mass is 10.2. The quantitative estimate of drug-likeness (QED) is 0.774. The summed E-state index contributed by atoms with van der Waals surface area (Å²) in [5.41, 5.74) is 0.461. The molecule has 1 unspecified atom stereocenters. The van der Waals surface area contributed by atoms with E-state index < -0.39 is 17.9 Å². The first-order valence-electron chi connectivity index (χ1n) is 4.20. The van der Waals surface area contributed by atoms with Crippen molar-refractivity contribution in [3.8, 4) is 0 Å². The Kier molecular flexibility index (Phi) is 4.26. The molecule has 2 N–H and O–H groups in total. The summed E-state index contributed by atoms with van der Waals surface area (Å²) < 4.78 is 4.69. The number of ether oxygens (including phenoxy) is 1. The van der Waals surface area contributed by atoms with Gasteiger partial charge in [-0.3, -0.25) is 4.79 Å². The van der Waals surface area contributed by atoms with Crippen molar-refractivity contribution in [2.45, 2.75) is 6.04 Å². The summed E-state index contributed by atoms with van der Waals surface area (Å²) in [6.07, 6.45) is 0. The maximum Gasteiger partial charge on any atom is 0.328 e. The molecule has 0 spiro atoms. The van der Waals surface area contributed by atoms with Gasteiger partial charge < -0.3 is 15.2 Å². The van der Waals surface area contributed by atoms with Gasteiger partial charge in [0.25, 0.3) is 5.91 Å². The van der Waals surface area contributed by atoms with Crippen LogP contribution < -0.4 is 5.32 Å². The van der Waals surface area contributed by atoms with Crippen molar-refractivity contribution < 1.29 is 19.4 Å². The number of hydrogen-bond donors (Lipinski definition) is 2. The Morgan fingerprint density at radius 1 is 1.67 bits per heavy atom. The molecular weight excluding hydrogens is 218 g/mol. The molecule has 1 aromatic heterocycles. The number of hydrogen-bond acceptors (Lipinski definition) is 4. The first-order chi connectivity index (χ1) is 7.15. The SMILES string of the molecule is COCC(NC(=O)c1ccsc1)C(=O)O. The van der Waals surface area contributed by atoms with Crippen LogP contribution in [0.25, 0.3) is 0 Å². The standard InChI is InChI=1S/C9H11NO4S/c1-14-4-7(9(12)13)10-8(11)6-2-3-15-5-6/h2-3,5,7H,4H2,1H3,(H,10,11)(H,12,13). The van der Waals surface area contributed by atoms with Crippen LogP contribution in [0.3, 0.4) is 0 Å². The van der Waals surface area contributed by atoms with E-state index in [9.17, 15) is 9.59 Å². The number of aliphatic carboxylic acids is 1. The second kappa shape index (κ2) is 5.47. The van der Waals surface area contributed by atoms with Gasteiger partial charge >= 0.3 is 5.97 Å². The highest BCUT2D eigenvalue weighted by atomic mass is 32.1. The van der Waals surface area contributed by atoms with Gasteiger partial charge in [0.05, 0.1) is 12.2 Å². The van der Waals surface area contributed by atoms with Gasteiger partial charge in [-0.2, -0.15) is 11.3 Å². The van der Waals surface area contributed by atoms with Gasteiger partial charge in [-0.05, 0) is 11.4 Å². The molecule has 1 rings (SSSR count). The third-order valence-electron chi connectivity index (χ3n) is 1.72. The van der Waals surface area contributed by atoms with E-state index in [1.165, 1.54) is 18.4 Å². The summed E-state index contributed by atoms with van der Waals surface area (Å²) >= 11 is 1.38. The van der Waals surface area contributed by atoms with Crippen LogP contribution in [0.2, 0.25) is 0 Å².